The molecule has 0 saturated carbocycles. The third-order valence-electron chi connectivity index (χ3n) is 8.67. The summed E-state index contributed by atoms with van der Waals surface area (Å²) in [4.78, 5) is 56.4. The zero-order valence-corrected chi connectivity index (χ0v) is 27.6. The molecule has 248 valence electrons. The molecule has 1 aliphatic rings. The monoisotopic (exact) mass is 640 g/mol. The molecule has 0 bridgehead atoms. The van der Waals surface area contributed by atoms with Gasteiger partial charge in [-0.25, -0.2) is 19.6 Å². The number of para-hydroxylation sites is 2. The second-order valence-electron chi connectivity index (χ2n) is 12.1. The summed E-state index contributed by atoms with van der Waals surface area (Å²) in [5, 5.41) is 10.8. The molecule has 0 aliphatic carbocycles. The topological polar surface area (TPSA) is 144 Å². The largest absolute Gasteiger partial charge is 0.480 e. The number of carbonyl (C=O) groups is 3. The van der Waals surface area contributed by atoms with Crippen molar-refractivity contribution in [1.29, 1.82) is 0 Å². The lowest BCUT2D eigenvalue weighted by Crippen LogP contribution is -2.51. The fourth-order valence-electron chi connectivity index (χ4n) is 5.90. The van der Waals surface area contributed by atoms with Crippen LogP contribution in [-0.4, -0.2) is 73.6 Å². The third-order valence-corrected chi connectivity index (χ3v) is 8.67. The number of rotatable bonds is 8. The average Bonchev–Trinajstić information content (AvgIpc) is 3.46. The van der Waals surface area contributed by atoms with Gasteiger partial charge in [0, 0.05) is 32.4 Å². The molecular formula is C35H44N8O4. The molecule has 0 unspecified atom stereocenters. The number of ether oxygens (including phenoxy) is 1. The van der Waals surface area contributed by atoms with Gasteiger partial charge in [0.05, 0.1) is 30.7 Å². The summed E-state index contributed by atoms with van der Waals surface area (Å²) in [6.07, 6.45) is 2.39. The molecule has 12 heteroatoms. The molecule has 0 radical (unpaired) electrons. The van der Waals surface area contributed by atoms with Gasteiger partial charge in [0.15, 0.2) is 0 Å². The van der Waals surface area contributed by atoms with E-state index in [0.29, 0.717) is 68.5 Å². The maximum atomic E-state index is 13.7. The quantitative estimate of drug-likeness (QED) is 0.297. The molecule has 2 aromatic heterocycles. The van der Waals surface area contributed by atoms with Crippen LogP contribution in [0.5, 0.6) is 5.88 Å². The normalized spacial score (nSPS) is 18.5. The molecule has 3 amide bonds. The van der Waals surface area contributed by atoms with Crippen LogP contribution in [-0.2, 0) is 33.8 Å². The summed E-state index contributed by atoms with van der Waals surface area (Å²) in [6, 6.07) is 16.2. The van der Waals surface area contributed by atoms with Gasteiger partial charge in [0.1, 0.15) is 23.4 Å². The van der Waals surface area contributed by atoms with Crippen molar-refractivity contribution in [2.75, 3.05) is 20.2 Å². The van der Waals surface area contributed by atoms with Gasteiger partial charge < -0.3 is 20.3 Å². The Balaban J connectivity index is 1.41. The van der Waals surface area contributed by atoms with E-state index in [1.54, 1.807) is 16.7 Å². The summed E-state index contributed by atoms with van der Waals surface area (Å²) in [5.74, 6) is 0.959. The first-order chi connectivity index (χ1) is 22.7. The van der Waals surface area contributed by atoms with E-state index in [1.807, 2.05) is 75.4 Å². The van der Waals surface area contributed by atoms with Crippen LogP contribution in [0.25, 0.3) is 11.0 Å². The summed E-state index contributed by atoms with van der Waals surface area (Å²) in [7, 11) is 1.55. The molecule has 4 aromatic rings. The number of amides is 3. The number of nitrogens with zero attached hydrogens (tertiary/aromatic N) is 6. The van der Waals surface area contributed by atoms with Crippen molar-refractivity contribution in [2.24, 2.45) is 5.92 Å². The SMILES string of the molecule is CC[C@H](C)[C@@H]1NC(=O)CCCN(C(=O)CCc2nc3ccccc3nc2OC)CCn2nc(C)nc2[C@H](Cc2ccccc2)NC1=O. The number of hydrogen-bond donors (Lipinski definition) is 2. The predicted octanol–water partition coefficient (Wildman–Crippen LogP) is 3.72. The van der Waals surface area contributed by atoms with Gasteiger partial charge >= 0.3 is 0 Å². The van der Waals surface area contributed by atoms with Gasteiger partial charge in [-0.3, -0.25) is 14.4 Å². The molecule has 2 aromatic carbocycles. The first-order valence-corrected chi connectivity index (χ1v) is 16.4. The number of methoxy groups -OCH3 is 1. The number of aromatic nitrogens is 5. The van der Waals surface area contributed by atoms with Gasteiger partial charge in [-0.1, -0.05) is 62.7 Å². The van der Waals surface area contributed by atoms with Gasteiger partial charge in [-0.15, -0.1) is 0 Å². The van der Waals surface area contributed by atoms with Crippen LogP contribution in [0, 0.1) is 12.8 Å². The number of fused-ring (bicyclic) bond motifs is 2. The van der Waals surface area contributed by atoms with Crippen molar-refractivity contribution in [2.45, 2.75) is 77.9 Å². The van der Waals surface area contributed by atoms with Crippen LogP contribution in [0.1, 0.15) is 68.5 Å². The van der Waals surface area contributed by atoms with Crippen LogP contribution >= 0.6 is 0 Å². The Hall–Kier alpha value is -4.87. The highest BCUT2D eigenvalue weighted by molar-refractivity contribution is 5.88. The number of carbonyl (C=O) groups excluding carboxylic acids is 3. The molecule has 0 fully saturated rings. The third kappa shape index (κ3) is 8.49. The summed E-state index contributed by atoms with van der Waals surface area (Å²) < 4.78 is 7.30. The molecule has 5 rings (SSSR count). The van der Waals surface area contributed by atoms with Crippen LogP contribution < -0.4 is 15.4 Å². The molecule has 12 nitrogen and oxygen atoms in total. The fraction of sp³-hybridized carbons (Fsp3) is 0.457. The molecule has 47 heavy (non-hydrogen) atoms. The lowest BCUT2D eigenvalue weighted by molar-refractivity contribution is -0.132. The minimum absolute atomic E-state index is 0.0699. The van der Waals surface area contributed by atoms with Crippen molar-refractivity contribution in [1.82, 2.24) is 40.3 Å². The molecule has 1 aliphatic heterocycles. The molecule has 3 atom stereocenters. The summed E-state index contributed by atoms with van der Waals surface area (Å²) in [5.41, 5.74) is 3.11. The highest BCUT2D eigenvalue weighted by Crippen LogP contribution is 2.22. The highest BCUT2D eigenvalue weighted by atomic mass is 16.5. The Labute approximate surface area is 275 Å². The second kappa shape index (κ2) is 15.6. The standard InChI is InChI=1S/C35H44N8O4/c1-5-23(2)32-34(46)38-29(22-25-12-7-6-8-13-25)33-36-24(3)41-43(33)21-20-42(19-11-16-30(44)40-32)31(45)18-17-28-35(47-4)39-27-15-10-9-14-26(27)37-28/h6-10,12-15,23,29,32H,5,11,16-22H2,1-4H3,(H,38,46)(H,40,44)/t23-,29-,32-/m0/s1. The Morgan fingerprint density at radius 3 is 2.43 bits per heavy atom. The van der Waals surface area contributed by atoms with Gasteiger partial charge in [-0.2, -0.15) is 5.10 Å². The van der Waals surface area contributed by atoms with E-state index in [4.69, 9.17) is 14.7 Å². The molecule has 0 saturated heterocycles. The lowest BCUT2D eigenvalue weighted by Gasteiger charge is -2.28. The van der Waals surface area contributed by atoms with E-state index in [0.717, 1.165) is 16.6 Å². The number of nitrogens with one attached hydrogen (secondary N) is 2. The van der Waals surface area contributed by atoms with E-state index in [1.165, 1.54) is 0 Å². The van der Waals surface area contributed by atoms with Crippen molar-refractivity contribution < 1.29 is 19.1 Å². The van der Waals surface area contributed by atoms with E-state index in [-0.39, 0.29) is 36.5 Å². The minimum Gasteiger partial charge on any atom is -0.480 e. The van der Waals surface area contributed by atoms with Crippen molar-refractivity contribution in [3.63, 3.8) is 0 Å². The predicted molar refractivity (Wildman–Crippen MR) is 177 cm³/mol. The second-order valence-corrected chi connectivity index (χ2v) is 12.1. The zero-order valence-electron chi connectivity index (χ0n) is 27.6. The van der Waals surface area contributed by atoms with Gasteiger partial charge in [0.25, 0.3) is 0 Å². The van der Waals surface area contributed by atoms with E-state index in [2.05, 4.69) is 20.7 Å². The first-order valence-electron chi connectivity index (χ1n) is 16.4. The number of hydrogen-bond acceptors (Lipinski definition) is 8. The minimum atomic E-state index is -0.707. The van der Waals surface area contributed by atoms with Crippen molar-refractivity contribution in [3.8, 4) is 5.88 Å². The van der Waals surface area contributed by atoms with E-state index in [9.17, 15) is 14.4 Å². The van der Waals surface area contributed by atoms with Crippen molar-refractivity contribution >= 4 is 28.8 Å². The molecular weight excluding hydrogens is 596 g/mol. The van der Waals surface area contributed by atoms with Gasteiger partial charge in [-0.05, 0) is 43.4 Å². The molecule has 0 spiro atoms. The number of benzene rings is 2. The Bertz CT molecular complexity index is 1690. The smallest absolute Gasteiger partial charge is 0.243 e. The fourth-order valence-corrected chi connectivity index (χ4v) is 5.90. The molecule has 2 N–H and O–H groups in total. The first kappa shape index (κ1) is 33.5. The average molecular weight is 641 g/mol. The van der Waals surface area contributed by atoms with Crippen LogP contribution in [0.15, 0.2) is 54.6 Å². The van der Waals surface area contributed by atoms with E-state index >= 15 is 0 Å². The number of aryl methyl sites for hydroxylation is 2. The molecule has 3 heterocycles. The maximum absolute atomic E-state index is 13.7. The van der Waals surface area contributed by atoms with E-state index < -0.39 is 12.1 Å². The summed E-state index contributed by atoms with van der Waals surface area (Å²) >= 11 is 0. The van der Waals surface area contributed by atoms with Crippen LogP contribution in [0.3, 0.4) is 0 Å². The van der Waals surface area contributed by atoms with Gasteiger partial charge in [0.2, 0.25) is 23.6 Å². The highest BCUT2D eigenvalue weighted by Gasteiger charge is 2.31. The Morgan fingerprint density at radius 2 is 1.70 bits per heavy atom. The van der Waals surface area contributed by atoms with Crippen molar-refractivity contribution in [3.05, 3.63) is 77.5 Å². The lowest BCUT2D eigenvalue weighted by atomic mass is 9.97. The Kier molecular flexibility index (Phi) is 11.1. The van der Waals surface area contributed by atoms with Crippen LogP contribution in [0.2, 0.25) is 0 Å². The Morgan fingerprint density at radius 1 is 0.979 bits per heavy atom. The summed E-state index contributed by atoms with van der Waals surface area (Å²) in [6.45, 7) is 6.89. The van der Waals surface area contributed by atoms with Crippen LogP contribution in [0.4, 0.5) is 0 Å². The maximum Gasteiger partial charge on any atom is 0.243 e. The zero-order chi connectivity index (χ0) is 33.3.